The first-order valence-corrected chi connectivity index (χ1v) is 8.46. The van der Waals surface area contributed by atoms with Gasteiger partial charge in [0.1, 0.15) is 0 Å². The summed E-state index contributed by atoms with van der Waals surface area (Å²) in [4.78, 5) is 2.83. The summed E-state index contributed by atoms with van der Waals surface area (Å²) in [5.74, 6) is 1.77. The van der Waals surface area contributed by atoms with Crippen molar-refractivity contribution in [2.75, 3.05) is 13.1 Å². The second-order valence-electron chi connectivity index (χ2n) is 7.66. The molecule has 2 rings (SSSR count). The molecule has 2 nitrogen and oxygen atoms in total. The van der Waals surface area contributed by atoms with E-state index in [1.165, 1.54) is 38.6 Å². The highest BCUT2D eigenvalue weighted by Crippen LogP contribution is 2.39. The largest absolute Gasteiger partial charge is 0.313 e. The molecule has 0 aromatic rings. The SMILES string of the molecule is CCNC1CCC(C(C)C)CC1N1CCCC1(C)C. The number of rotatable bonds is 4. The van der Waals surface area contributed by atoms with Crippen LogP contribution in [0, 0.1) is 11.8 Å². The molecule has 0 aromatic heterocycles. The second-order valence-corrected chi connectivity index (χ2v) is 7.66. The van der Waals surface area contributed by atoms with Crippen molar-refractivity contribution in [3.8, 4) is 0 Å². The molecule has 0 spiro atoms. The van der Waals surface area contributed by atoms with E-state index >= 15 is 0 Å². The molecule has 1 heterocycles. The first-order chi connectivity index (χ1) is 8.95. The van der Waals surface area contributed by atoms with Gasteiger partial charge in [0.25, 0.3) is 0 Å². The Balaban J connectivity index is 2.11. The number of nitrogens with one attached hydrogen (secondary N) is 1. The van der Waals surface area contributed by atoms with E-state index in [0.29, 0.717) is 5.54 Å². The Morgan fingerprint density at radius 1 is 1.26 bits per heavy atom. The Labute approximate surface area is 120 Å². The molecule has 1 N–H and O–H groups in total. The van der Waals surface area contributed by atoms with Crippen molar-refractivity contribution in [2.24, 2.45) is 11.8 Å². The molecule has 0 aromatic carbocycles. The molecular weight excluding hydrogens is 232 g/mol. The molecule has 0 bridgehead atoms. The van der Waals surface area contributed by atoms with Crippen LogP contribution in [-0.2, 0) is 0 Å². The van der Waals surface area contributed by atoms with E-state index in [-0.39, 0.29) is 0 Å². The maximum atomic E-state index is 3.77. The van der Waals surface area contributed by atoms with E-state index in [4.69, 9.17) is 0 Å². The van der Waals surface area contributed by atoms with Gasteiger partial charge < -0.3 is 5.32 Å². The molecule has 112 valence electrons. The molecule has 1 saturated carbocycles. The molecule has 3 unspecified atom stereocenters. The third kappa shape index (κ3) is 3.33. The third-order valence-electron chi connectivity index (χ3n) is 5.63. The molecule has 3 atom stereocenters. The quantitative estimate of drug-likeness (QED) is 0.835. The standard InChI is InChI=1S/C17H34N2/c1-6-18-15-9-8-14(13(2)3)12-16(15)19-11-7-10-17(19,4)5/h13-16,18H,6-12H2,1-5H3. The van der Waals surface area contributed by atoms with Crippen molar-refractivity contribution in [3.05, 3.63) is 0 Å². The molecule has 2 fully saturated rings. The van der Waals surface area contributed by atoms with Gasteiger partial charge in [0, 0.05) is 17.6 Å². The molecule has 1 aliphatic heterocycles. The van der Waals surface area contributed by atoms with E-state index in [2.05, 4.69) is 44.8 Å². The summed E-state index contributed by atoms with van der Waals surface area (Å²) in [5, 5.41) is 3.77. The smallest absolute Gasteiger partial charge is 0.0257 e. The molecule has 2 aliphatic rings. The fourth-order valence-corrected chi connectivity index (χ4v) is 4.37. The fraction of sp³-hybridized carbons (Fsp3) is 1.00. The van der Waals surface area contributed by atoms with Gasteiger partial charge >= 0.3 is 0 Å². The van der Waals surface area contributed by atoms with Crippen molar-refractivity contribution in [3.63, 3.8) is 0 Å². The highest BCUT2D eigenvalue weighted by Gasteiger charge is 2.42. The van der Waals surface area contributed by atoms with Crippen LogP contribution in [0.4, 0.5) is 0 Å². The highest BCUT2D eigenvalue weighted by atomic mass is 15.3. The molecular formula is C17H34N2. The zero-order valence-electron chi connectivity index (χ0n) is 13.7. The van der Waals surface area contributed by atoms with Crippen LogP contribution in [0.25, 0.3) is 0 Å². The molecule has 19 heavy (non-hydrogen) atoms. The van der Waals surface area contributed by atoms with Crippen molar-refractivity contribution in [1.29, 1.82) is 0 Å². The minimum absolute atomic E-state index is 0.414. The van der Waals surface area contributed by atoms with E-state index in [1.54, 1.807) is 0 Å². The molecule has 1 saturated heterocycles. The molecule has 0 radical (unpaired) electrons. The van der Waals surface area contributed by atoms with Gasteiger partial charge in [0.15, 0.2) is 0 Å². The Bertz CT molecular complexity index is 285. The van der Waals surface area contributed by atoms with Crippen LogP contribution in [0.2, 0.25) is 0 Å². The van der Waals surface area contributed by atoms with E-state index in [9.17, 15) is 0 Å². The van der Waals surface area contributed by atoms with Gasteiger partial charge in [0.05, 0.1) is 0 Å². The van der Waals surface area contributed by atoms with Crippen LogP contribution in [0.5, 0.6) is 0 Å². The predicted molar refractivity (Wildman–Crippen MR) is 83.5 cm³/mol. The topological polar surface area (TPSA) is 15.3 Å². The van der Waals surface area contributed by atoms with Gasteiger partial charge in [-0.2, -0.15) is 0 Å². The summed E-state index contributed by atoms with van der Waals surface area (Å²) in [6.07, 6.45) is 6.94. The van der Waals surface area contributed by atoms with Crippen LogP contribution in [-0.4, -0.2) is 35.6 Å². The number of hydrogen-bond acceptors (Lipinski definition) is 2. The highest BCUT2D eigenvalue weighted by molar-refractivity contribution is 4.99. The number of hydrogen-bond donors (Lipinski definition) is 1. The Morgan fingerprint density at radius 3 is 2.53 bits per heavy atom. The second kappa shape index (κ2) is 6.13. The van der Waals surface area contributed by atoms with E-state index < -0.39 is 0 Å². The zero-order valence-corrected chi connectivity index (χ0v) is 13.7. The Kier molecular flexibility index (Phi) is 4.94. The van der Waals surface area contributed by atoms with Gasteiger partial charge in [-0.05, 0) is 70.9 Å². The monoisotopic (exact) mass is 266 g/mol. The Hall–Kier alpha value is -0.0800. The summed E-state index contributed by atoms with van der Waals surface area (Å²) in [7, 11) is 0. The van der Waals surface area contributed by atoms with Crippen LogP contribution in [0.3, 0.4) is 0 Å². The third-order valence-corrected chi connectivity index (χ3v) is 5.63. The van der Waals surface area contributed by atoms with Gasteiger partial charge in [-0.3, -0.25) is 4.90 Å². The molecule has 1 aliphatic carbocycles. The van der Waals surface area contributed by atoms with Crippen LogP contribution < -0.4 is 5.32 Å². The normalized spacial score (nSPS) is 36.0. The van der Waals surface area contributed by atoms with Crippen LogP contribution in [0.15, 0.2) is 0 Å². The summed E-state index contributed by atoms with van der Waals surface area (Å²) in [6.45, 7) is 14.4. The lowest BCUT2D eigenvalue weighted by Crippen LogP contribution is -2.57. The van der Waals surface area contributed by atoms with Crippen LogP contribution in [0.1, 0.15) is 66.7 Å². The lowest BCUT2D eigenvalue weighted by molar-refractivity contribution is 0.0407. The zero-order chi connectivity index (χ0) is 14.0. The van der Waals surface area contributed by atoms with Gasteiger partial charge in [-0.15, -0.1) is 0 Å². The van der Waals surface area contributed by atoms with Crippen molar-refractivity contribution in [2.45, 2.75) is 84.3 Å². The lowest BCUT2D eigenvalue weighted by atomic mass is 9.75. The minimum Gasteiger partial charge on any atom is -0.313 e. The predicted octanol–water partition coefficient (Wildman–Crippen LogP) is 3.66. The van der Waals surface area contributed by atoms with Crippen molar-refractivity contribution < 1.29 is 0 Å². The number of likely N-dealkylation sites (tertiary alicyclic amines) is 1. The van der Waals surface area contributed by atoms with E-state index in [1.807, 2.05) is 0 Å². The first kappa shape index (κ1) is 15.3. The average molecular weight is 266 g/mol. The maximum Gasteiger partial charge on any atom is 0.0257 e. The fourth-order valence-electron chi connectivity index (χ4n) is 4.37. The Morgan fingerprint density at radius 2 is 2.00 bits per heavy atom. The summed E-state index contributed by atoms with van der Waals surface area (Å²) in [6, 6.07) is 1.48. The summed E-state index contributed by atoms with van der Waals surface area (Å²) in [5.41, 5.74) is 0.414. The van der Waals surface area contributed by atoms with Gasteiger partial charge in [0.2, 0.25) is 0 Å². The van der Waals surface area contributed by atoms with Crippen molar-refractivity contribution >= 4 is 0 Å². The van der Waals surface area contributed by atoms with Crippen LogP contribution >= 0.6 is 0 Å². The number of nitrogens with zero attached hydrogens (tertiary/aromatic N) is 1. The summed E-state index contributed by atoms with van der Waals surface area (Å²) >= 11 is 0. The van der Waals surface area contributed by atoms with E-state index in [0.717, 1.165) is 30.5 Å². The maximum absolute atomic E-state index is 3.77. The van der Waals surface area contributed by atoms with Gasteiger partial charge in [-0.25, -0.2) is 0 Å². The average Bonchev–Trinajstić information content (AvgIpc) is 2.69. The molecule has 2 heteroatoms. The number of likely N-dealkylation sites (N-methyl/N-ethyl adjacent to an activating group) is 1. The lowest BCUT2D eigenvalue weighted by Gasteiger charge is -2.47. The van der Waals surface area contributed by atoms with Gasteiger partial charge in [-0.1, -0.05) is 20.8 Å². The minimum atomic E-state index is 0.414. The first-order valence-electron chi connectivity index (χ1n) is 8.46. The summed E-state index contributed by atoms with van der Waals surface area (Å²) < 4.78 is 0. The molecule has 0 amide bonds. The van der Waals surface area contributed by atoms with Crippen molar-refractivity contribution in [1.82, 2.24) is 10.2 Å².